The third-order valence-electron chi connectivity index (χ3n) is 5.43. The van der Waals surface area contributed by atoms with Gasteiger partial charge in [-0.3, -0.25) is 0 Å². The first kappa shape index (κ1) is 12.9. The molecular weight excluding hydrogens is 222 g/mol. The largest absolute Gasteiger partial charge is 0.381 e. The van der Waals surface area contributed by atoms with Crippen LogP contribution >= 0.6 is 0 Å². The van der Waals surface area contributed by atoms with Crippen LogP contribution < -0.4 is 5.32 Å². The van der Waals surface area contributed by atoms with Crippen molar-refractivity contribution in [2.75, 3.05) is 19.8 Å². The van der Waals surface area contributed by atoms with Gasteiger partial charge in [0, 0.05) is 19.3 Å². The van der Waals surface area contributed by atoms with Crippen LogP contribution in [0.3, 0.4) is 0 Å². The maximum atomic E-state index is 5.49. The predicted octanol–water partition coefficient (Wildman–Crippen LogP) is 3.22. The third kappa shape index (κ3) is 3.08. The van der Waals surface area contributed by atoms with Gasteiger partial charge >= 0.3 is 0 Å². The summed E-state index contributed by atoms with van der Waals surface area (Å²) in [6, 6.07) is 0.806. The molecule has 0 radical (unpaired) electrons. The number of hydrogen-bond donors (Lipinski definition) is 1. The molecule has 0 spiro atoms. The van der Waals surface area contributed by atoms with E-state index < -0.39 is 0 Å². The fourth-order valence-corrected chi connectivity index (χ4v) is 4.20. The van der Waals surface area contributed by atoms with E-state index in [0.717, 1.165) is 42.9 Å². The number of nitrogens with one attached hydrogen (secondary N) is 1. The molecule has 0 amide bonds. The second kappa shape index (κ2) is 5.92. The zero-order valence-electron chi connectivity index (χ0n) is 11.9. The van der Waals surface area contributed by atoms with E-state index in [1.165, 1.54) is 45.1 Å². The predicted molar refractivity (Wildman–Crippen MR) is 74.6 cm³/mol. The topological polar surface area (TPSA) is 21.3 Å². The minimum Gasteiger partial charge on any atom is -0.381 e. The average molecular weight is 251 g/mol. The summed E-state index contributed by atoms with van der Waals surface area (Å²) < 4.78 is 5.49. The molecule has 18 heavy (non-hydrogen) atoms. The molecule has 3 atom stereocenters. The molecular formula is C16H29NO. The van der Waals surface area contributed by atoms with Crippen LogP contribution in [-0.2, 0) is 4.74 Å². The Morgan fingerprint density at radius 3 is 2.50 bits per heavy atom. The van der Waals surface area contributed by atoms with Crippen molar-refractivity contribution >= 4 is 0 Å². The van der Waals surface area contributed by atoms with Gasteiger partial charge in [0.25, 0.3) is 0 Å². The Morgan fingerprint density at radius 1 is 1.11 bits per heavy atom. The van der Waals surface area contributed by atoms with E-state index >= 15 is 0 Å². The molecule has 0 aromatic heterocycles. The number of rotatable bonds is 6. The van der Waals surface area contributed by atoms with E-state index in [4.69, 9.17) is 4.74 Å². The molecule has 1 N–H and O–H groups in total. The number of hydrogen-bond acceptors (Lipinski definition) is 2. The summed E-state index contributed by atoms with van der Waals surface area (Å²) in [5.74, 6) is 4.15. The van der Waals surface area contributed by atoms with Crippen LogP contribution in [0.4, 0.5) is 0 Å². The summed E-state index contributed by atoms with van der Waals surface area (Å²) in [4.78, 5) is 0. The molecule has 2 aliphatic carbocycles. The van der Waals surface area contributed by atoms with Crippen molar-refractivity contribution < 1.29 is 4.74 Å². The molecule has 3 aliphatic rings. The minimum absolute atomic E-state index is 0.806. The van der Waals surface area contributed by atoms with Crippen LogP contribution in [0.2, 0.25) is 0 Å². The second-order valence-corrected chi connectivity index (χ2v) is 6.84. The van der Waals surface area contributed by atoms with Crippen molar-refractivity contribution in [3.8, 4) is 0 Å². The van der Waals surface area contributed by atoms with E-state index in [1.807, 2.05) is 0 Å². The Balaban J connectivity index is 1.51. The Labute approximate surface area is 112 Å². The molecule has 2 nitrogen and oxygen atoms in total. The van der Waals surface area contributed by atoms with Gasteiger partial charge in [0.15, 0.2) is 0 Å². The molecule has 3 fully saturated rings. The molecule has 0 bridgehead atoms. The summed E-state index contributed by atoms with van der Waals surface area (Å²) >= 11 is 0. The van der Waals surface area contributed by atoms with Gasteiger partial charge in [0.2, 0.25) is 0 Å². The van der Waals surface area contributed by atoms with Gasteiger partial charge in [-0.25, -0.2) is 0 Å². The van der Waals surface area contributed by atoms with Gasteiger partial charge in [-0.1, -0.05) is 6.92 Å². The molecule has 1 saturated heterocycles. The summed E-state index contributed by atoms with van der Waals surface area (Å²) in [7, 11) is 0. The zero-order chi connectivity index (χ0) is 12.4. The molecule has 0 aromatic rings. The highest BCUT2D eigenvalue weighted by molar-refractivity contribution is 4.99. The van der Waals surface area contributed by atoms with Crippen LogP contribution in [0.15, 0.2) is 0 Å². The lowest BCUT2D eigenvalue weighted by Gasteiger charge is -2.31. The van der Waals surface area contributed by atoms with E-state index in [1.54, 1.807) is 6.42 Å². The average Bonchev–Trinajstić information content (AvgIpc) is 3.02. The van der Waals surface area contributed by atoms with Crippen molar-refractivity contribution in [2.45, 2.75) is 57.9 Å². The quantitative estimate of drug-likeness (QED) is 0.782. The maximum Gasteiger partial charge on any atom is 0.0468 e. The van der Waals surface area contributed by atoms with Crippen molar-refractivity contribution in [1.29, 1.82) is 0 Å². The summed E-state index contributed by atoms with van der Waals surface area (Å²) in [6.45, 7) is 5.49. The smallest absolute Gasteiger partial charge is 0.0468 e. The van der Waals surface area contributed by atoms with Gasteiger partial charge in [-0.05, 0) is 75.2 Å². The minimum atomic E-state index is 0.806. The van der Waals surface area contributed by atoms with Gasteiger partial charge < -0.3 is 10.1 Å². The van der Waals surface area contributed by atoms with Crippen LogP contribution in [0.1, 0.15) is 51.9 Å². The highest BCUT2D eigenvalue weighted by Crippen LogP contribution is 2.55. The SMILES string of the molecule is CCCNC(CC1CCOCC1)C1CC2CC2C1. The standard InChI is InChI=1S/C16H29NO/c1-2-5-17-16(8-12-3-6-18-7-4-12)15-10-13-9-14(13)11-15/h12-17H,2-11H2,1H3. The van der Waals surface area contributed by atoms with Crippen molar-refractivity contribution in [2.24, 2.45) is 23.7 Å². The van der Waals surface area contributed by atoms with E-state index in [9.17, 15) is 0 Å². The molecule has 2 heteroatoms. The van der Waals surface area contributed by atoms with E-state index in [-0.39, 0.29) is 0 Å². The van der Waals surface area contributed by atoms with Crippen molar-refractivity contribution in [3.05, 3.63) is 0 Å². The first-order valence-corrected chi connectivity index (χ1v) is 8.18. The van der Waals surface area contributed by atoms with Gasteiger partial charge in [0.1, 0.15) is 0 Å². The summed E-state index contributed by atoms with van der Waals surface area (Å²) in [5, 5.41) is 3.86. The normalized spacial score (nSPS) is 37.5. The molecule has 0 aromatic carbocycles. The molecule has 2 saturated carbocycles. The Hall–Kier alpha value is -0.0800. The van der Waals surface area contributed by atoms with Crippen LogP contribution in [0, 0.1) is 23.7 Å². The highest BCUT2D eigenvalue weighted by atomic mass is 16.5. The first-order chi connectivity index (χ1) is 8.86. The summed E-state index contributed by atoms with van der Waals surface area (Å²) in [6.07, 6.45) is 9.86. The molecule has 104 valence electrons. The van der Waals surface area contributed by atoms with Gasteiger partial charge in [-0.15, -0.1) is 0 Å². The number of fused-ring (bicyclic) bond motifs is 1. The maximum absolute atomic E-state index is 5.49. The van der Waals surface area contributed by atoms with Crippen LogP contribution in [0.25, 0.3) is 0 Å². The second-order valence-electron chi connectivity index (χ2n) is 6.84. The lowest BCUT2D eigenvalue weighted by Crippen LogP contribution is -2.38. The van der Waals surface area contributed by atoms with Crippen molar-refractivity contribution in [1.82, 2.24) is 5.32 Å². The van der Waals surface area contributed by atoms with E-state index in [2.05, 4.69) is 12.2 Å². The fraction of sp³-hybridized carbons (Fsp3) is 1.00. The third-order valence-corrected chi connectivity index (χ3v) is 5.43. The van der Waals surface area contributed by atoms with Crippen LogP contribution in [-0.4, -0.2) is 25.8 Å². The zero-order valence-corrected chi connectivity index (χ0v) is 11.9. The van der Waals surface area contributed by atoms with Crippen molar-refractivity contribution in [3.63, 3.8) is 0 Å². The lowest BCUT2D eigenvalue weighted by atomic mass is 9.84. The molecule has 3 unspecified atom stereocenters. The van der Waals surface area contributed by atoms with Gasteiger partial charge in [0.05, 0.1) is 0 Å². The van der Waals surface area contributed by atoms with E-state index in [0.29, 0.717) is 0 Å². The monoisotopic (exact) mass is 251 g/mol. The summed E-state index contributed by atoms with van der Waals surface area (Å²) in [5.41, 5.74) is 0. The fourth-order valence-electron chi connectivity index (χ4n) is 4.20. The highest BCUT2D eigenvalue weighted by Gasteiger charge is 2.47. The molecule has 1 aliphatic heterocycles. The lowest BCUT2D eigenvalue weighted by molar-refractivity contribution is 0.0575. The molecule has 3 rings (SSSR count). The number of ether oxygens (including phenoxy) is 1. The van der Waals surface area contributed by atoms with Gasteiger partial charge in [-0.2, -0.15) is 0 Å². The Bertz CT molecular complexity index is 252. The van der Waals surface area contributed by atoms with Crippen LogP contribution in [0.5, 0.6) is 0 Å². The first-order valence-electron chi connectivity index (χ1n) is 8.18. The molecule has 1 heterocycles. The Morgan fingerprint density at radius 2 is 1.83 bits per heavy atom. The Kier molecular flexibility index (Phi) is 4.25.